The Morgan fingerprint density at radius 1 is 1.21 bits per heavy atom. The molecule has 1 aromatic carbocycles. The van der Waals surface area contributed by atoms with Crippen molar-refractivity contribution < 1.29 is 14.6 Å². The molecule has 0 unspecified atom stereocenters. The van der Waals surface area contributed by atoms with Crippen molar-refractivity contribution in [3.05, 3.63) is 23.0 Å². The number of aromatic hydroxyl groups is 2. The van der Waals surface area contributed by atoms with Gasteiger partial charge >= 0.3 is 0 Å². The number of hydrogen-bond donors (Lipinski definition) is 3. The second-order valence-electron chi connectivity index (χ2n) is 2.66. The largest absolute Gasteiger partial charge is 0.508 e. The van der Waals surface area contributed by atoms with Crippen molar-refractivity contribution >= 4 is 12.2 Å². The van der Waals surface area contributed by atoms with Crippen molar-refractivity contribution in [2.75, 3.05) is 0 Å². The molecule has 0 aliphatic rings. The molecule has 1 aromatic heterocycles. The lowest BCUT2D eigenvalue weighted by molar-refractivity contribution is 0.450. The standard InChI is InChI=1S/C8H6N2O3S/c11-5-1-4(2-6(12)3-5)7-9-10-8(14)13-7/h1-3,11-12H,(H,10,14). The van der Waals surface area contributed by atoms with E-state index in [1.807, 2.05) is 0 Å². The first-order chi connectivity index (χ1) is 6.65. The number of nitrogens with one attached hydrogen (secondary N) is 1. The number of phenols is 2. The van der Waals surface area contributed by atoms with E-state index in [2.05, 4.69) is 22.4 Å². The van der Waals surface area contributed by atoms with Crippen LogP contribution < -0.4 is 0 Å². The maximum absolute atomic E-state index is 9.20. The van der Waals surface area contributed by atoms with Crippen LogP contribution >= 0.6 is 12.2 Å². The van der Waals surface area contributed by atoms with Crippen molar-refractivity contribution in [2.45, 2.75) is 0 Å². The van der Waals surface area contributed by atoms with Crippen LogP contribution in [0.2, 0.25) is 0 Å². The molecule has 0 aliphatic carbocycles. The highest BCUT2D eigenvalue weighted by atomic mass is 32.1. The highest BCUT2D eigenvalue weighted by Crippen LogP contribution is 2.26. The number of hydrogen-bond acceptors (Lipinski definition) is 5. The van der Waals surface area contributed by atoms with Crippen LogP contribution in [0.1, 0.15) is 0 Å². The van der Waals surface area contributed by atoms with E-state index in [1.54, 1.807) is 0 Å². The second-order valence-corrected chi connectivity index (χ2v) is 3.03. The van der Waals surface area contributed by atoms with Gasteiger partial charge < -0.3 is 14.6 Å². The zero-order valence-corrected chi connectivity index (χ0v) is 7.71. The van der Waals surface area contributed by atoms with Gasteiger partial charge in [0.15, 0.2) is 0 Å². The van der Waals surface area contributed by atoms with E-state index in [0.717, 1.165) is 0 Å². The molecular weight excluding hydrogens is 204 g/mol. The fraction of sp³-hybridized carbons (Fsp3) is 0. The van der Waals surface area contributed by atoms with Crippen molar-refractivity contribution in [2.24, 2.45) is 0 Å². The quantitative estimate of drug-likeness (QED) is 0.625. The van der Waals surface area contributed by atoms with Crippen molar-refractivity contribution in [1.29, 1.82) is 0 Å². The monoisotopic (exact) mass is 210 g/mol. The summed E-state index contributed by atoms with van der Waals surface area (Å²) in [5.41, 5.74) is 0.454. The molecule has 0 atom stereocenters. The average Bonchev–Trinajstić information content (AvgIpc) is 2.50. The SMILES string of the molecule is Oc1cc(O)cc(-c2n[nH]c(=S)o2)c1. The fourth-order valence-corrected chi connectivity index (χ4v) is 1.20. The third kappa shape index (κ3) is 1.60. The summed E-state index contributed by atoms with van der Waals surface area (Å²) in [4.78, 5) is 0.142. The topological polar surface area (TPSA) is 82.3 Å². The van der Waals surface area contributed by atoms with Crippen LogP contribution in [0, 0.1) is 4.84 Å². The zero-order chi connectivity index (χ0) is 10.1. The van der Waals surface area contributed by atoms with E-state index in [-0.39, 0.29) is 22.2 Å². The molecule has 0 saturated carbocycles. The number of benzene rings is 1. The number of H-pyrrole nitrogens is 1. The van der Waals surface area contributed by atoms with Gasteiger partial charge in [0.1, 0.15) is 11.5 Å². The summed E-state index contributed by atoms with van der Waals surface area (Å²) in [5, 5.41) is 24.6. The molecular formula is C8H6N2O3S. The maximum Gasteiger partial charge on any atom is 0.284 e. The van der Waals surface area contributed by atoms with E-state index in [0.29, 0.717) is 5.56 Å². The highest BCUT2D eigenvalue weighted by molar-refractivity contribution is 7.71. The fourth-order valence-electron chi connectivity index (χ4n) is 1.07. The molecule has 0 saturated heterocycles. The first-order valence-corrected chi connectivity index (χ1v) is 4.15. The average molecular weight is 210 g/mol. The second kappa shape index (κ2) is 3.15. The van der Waals surface area contributed by atoms with Gasteiger partial charge in [-0.3, -0.25) is 0 Å². The molecule has 1 heterocycles. The molecule has 0 spiro atoms. The van der Waals surface area contributed by atoms with Gasteiger partial charge in [-0.2, -0.15) is 0 Å². The Morgan fingerprint density at radius 3 is 2.36 bits per heavy atom. The summed E-state index contributed by atoms with van der Waals surface area (Å²) >= 11 is 4.69. The molecule has 3 N–H and O–H groups in total. The highest BCUT2D eigenvalue weighted by Gasteiger charge is 2.06. The molecule has 72 valence electrons. The molecule has 14 heavy (non-hydrogen) atoms. The van der Waals surface area contributed by atoms with E-state index >= 15 is 0 Å². The van der Waals surface area contributed by atoms with Crippen LogP contribution in [0.15, 0.2) is 22.6 Å². The molecule has 0 radical (unpaired) electrons. The molecule has 6 heteroatoms. The predicted molar refractivity (Wildman–Crippen MR) is 50.5 cm³/mol. The molecule has 2 aromatic rings. The third-order valence-corrected chi connectivity index (χ3v) is 1.76. The van der Waals surface area contributed by atoms with Gasteiger partial charge in [0.2, 0.25) is 5.89 Å². The van der Waals surface area contributed by atoms with Gasteiger partial charge in [-0.25, -0.2) is 5.10 Å². The van der Waals surface area contributed by atoms with Crippen molar-refractivity contribution in [3.8, 4) is 23.0 Å². The summed E-state index contributed by atoms with van der Waals surface area (Å²) in [6.45, 7) is 0. The van der Waals surface area contributed by atoms with E-state index < -0.39 is 0 Å². The number of aromatic amines is 1. The lowest BCUT2D eigenvalue weighted by Gasteiger charge is -1.97. The van der Waals surface area contributed by atoms with Gasteiger partial charge in [0.05, 0.1) is 0 Å². The maximum atomic E-state index is 9.20. The van der Waals surface area contributed by atoms with Crippen LogP contribution in [-0.4, -0.2) is 20.4 Å². The normalized spacial score (nSPS) is 10.3. The minimum Gasteiger partial charge on any atom is -0.508 e. The molecule has 0 fully saturated rings. The summed E-state index contributed by atoms with van der Waals surface area (Å²) < 4.78 is 5.01. The Hall–Kier alpha value is -1.82. The van der Waals surface area contributed by atoms with Gasteiger partial charge in [-0.15, -0.1) is 5.10 Å². The van der Waals surface area contributed by atoms with E-state index in [4.69, 9.17) is 4.42 Å². The Labute approximate surface area is 83.6 Å². The van der Waals surface area contributed by atoms with Crippen LogP contribution in [0.25, 0.3) is 11.5 Å². The van der Waals surface area contributed by atoms with Crippen LogP contribution in [0.3, 0.4) is 0 Å². The van der Waals surface area contributed by atoms with Crippen LogP contribution in [0.4, 0.5) is 0 Å². The van der Waals surface area contributed by atoms with E-state index in [1.165, 1.54) is 18.2 Å². The van der Waals surface area contributed by atoms with Crippen LogP contribution in [-0.2, 0) is 0 Å². The number of phenolic OH excluding ortho intramolecular Hbond substituents is 2. The van der Waals surface area contributed by atoms with Crippen molar-refractivity contribution in [3.63, 3.8) is 0 Å². The minimum atomic E-state index is -0.0656. The van der Waals surface area contributed by atoms with E-state index in [9.17, 15) is 10.2 Å². The zero-order valence-electron chi connectivity index (χ0n) is 6.89. The van der Waals surface area contributed by atoms with Crippen LogP contribution in [0.5, 0.6) is 11.5 Å². The minimum absolute atomic E-state index is 0.0656. The summed E-state index contributed by atoms with van der Waals surface area (Å²) in [7, 11) is 0. The third-order valence-electron chi connectivity index (χ3n) is 1.59. The number of rotatable bonds is 1. The molecule has 2 rings (SSSR count). The smallest absolute Gasteiger partial charge is 0.284 e. The summed E-state index contributed by atoms with van der Waals surface area (Å²) in [5.74, 6) is 0.0921. The molecule has 5 nitrogen and oxygen atoms in total. The summed E-state index contributed by atoms with van der Waals surface area (Å²) in [6, 6.07) is 4.03. The number of aromatic nitrogens is 2. The Kier molecular flexibility index (Phi) is 1.97. The first kappa shape index (κ1) is 8.76. The Morgan fingerprint density at radius 2 is 1.86 bits per heavy atom. The lowest BCUT2D eigenvalue weighted by Crippen LogP contribution is -1.77. The van der Waals surface area contributed by atoms with Crippen molar-refractivity contribution in [1.82, 2.24) is 10.2 Å². The van der Waals surface area contributed by atoms with Gasteiger partial charge in [-0.05, 0) is 24.4 Å². The Balaban J connectivity index is 2.56. The van der Waals surface area contributed by atoms with Gasteiger partial charge in [0.25, 0.3) is 4.84 Å². The predicted octanol–water partition coefficient (Wildman–Crippen LogP) is 1.81. The molecule has 0 aliphatic heterocycles. The Bertz CT molecular complexity index is 497. The lowest BCUT2D eigenvalue weighted by atomic mass is 10.2. The van der Waals surface area contributed by atoms with Gasteiger partial charge in [0, 0.05) is 11.6 Å². The first-order valence-electron chi connectivity index (χ1n) is 3.74. The number of nitrogens with zero attached hydrogens (tertiary/aromatic N) is 1. The molecule has 0 bridgehead atoms. The summed E-state index contributed by atoms with van der Waals surface area (Å²) in [6.07, 6.45) is 0. The molecule has 0 amide bonds. The van der Waals surface area contributed by atoms with Gasteiger partial charge in [-0.1, -0.05) is 0 Å².